The van der Waals surface area contributed by atoms with Crippen LogP contribution in [-0.4, -0.2) is 0 Å². The smallest absolute Gasteiger partial charge is 0.0212 e. The van der Waals surface area contributed by atoms with Crippen molar-refractivity contribution in [3.8, 4) is 0 Å². The number of rotatable bonds is 1. The van der Waals surface area contributed by atoms with Crippen LogP contribution < -0.4 is 0 Å². The van der Waals surface area contributed by atoms with Gasteiger partial charge in [-0.1, -0.05) is 28.1 Å². The third kappa shape index (κ3) is 1.34. The molecule has 1 heteroatoms. The Morgan fingerprint density at radius 2 is 2.09 bits per heavy atom. The number of benzene rings is 1. The van der Waals surface area contributed by atoms with Crippen LogP contribution in [0.5, 0.6) is 0 Å². The standard InChI is InChI=1S/C10H11Br/c1-7-3-2-4-9(11)10(7)8-5-6-8/h2-4,8H,5-6H2,1H3. The Hall–Kier alpha value is -0.300. The number of aryl methyl sites for hydroxylation is 1. The fourth-order valence-corrected chi connectivity index (χ4v) is 2.32. The van der Waals surface area contributed by atoms with Gasteiger partial charge in [0.2, 0.25) is 0 Å². The first-order chi connectivity index (χ1) is 5.29. The van der Waals surface area contributed by atoms with E-state index in [0.29, 0.717) is 0 Å². The molecule has 0 saturated heterocycles. The molecule has 0 spiro atoms. The maximum atomic E-state index is 3.59. The summed E-state index contributed by atoms with van der Waals surface area (Å²) in [6.45, 7) is 2.19. The van der Waals surface area contributed by atoms with E-state index in [0.717, 1.165) is 5.92 Å². The average Bonchev–Trinajstić information content (AvgIpc) is 2.70. The summed E-state index contributed by atoms with van der Waals surface area (Å²) in [5, 5.41) is 0. The summed E-state index contributed by atoms with van der Waals surface area (Å²) in [5.41, 5.74) is 2.97. The van der Waals surface area contributed by atoms with E-state index in [1.165, 1.54) is 28.4 Å². The zero-order valence-electron chi connectivity index (χ0n) is 6.60. The normalized spacial score (nSPS) is 16.9. The number of halogens is 1. The van der Waals surface area contributed by atoms with Crippen molar-refractivity contribution in [2.24, 2.45) is 0 Å². The topological polar surface area (TPSA) is 0 Å². The molecule has 58 valence electrons. The summed E-state index contributed by atoms with van der Waals surface area (Å²) in [7, 11) is 0. The second kappa shape index (κ2) is 2.63. The fraction of sp³-hybridized carbons (Fsp3) is 0.400. The summed E-state index contributed by atoms with van der Waals surface area (Å²) in [4.78, 5) is 0. The summed E-state index contributed by atoms with van der Waals surface area (Å²) >= 11 is 3.59. The van der Waals surface area contributed by atoms with Crippen LogP contribution in [0.2, 0.25) is 0 Å². The van der Waals surface area contributed by atoms with Crippen molar-refractivity contribution in [2.75, 3.05) is 0 Å². The molecule has 1 aliphatic carbocycles. The van der Waals surface area contributed by atoms with Gasteiger partial charge in [0, 0.05) is 4.47 Å². The molecule has 1 aromatic rings. The van der Waals surface area contributed by atoms with Gasteiger partial charge in [-0.05, 0) is 42.9 Å². The highest BCUT2D eigenvalue weighted by atomic mass is 79.9. The van der Waals surface area contributed by atoms with E-state index in [1.54, 1.807) is 0 Å². The van der Waals surface area contributed by atoms with Crippen LogP contribution in [0.15, 0.2) is 22.7 Å². The van der Waals surface area contributed by atoms with Gasteiger partial charge in [-0.25, -0.2) is 0 Å². The highest BCUT2D eigenvalue weighted by Gasteiger charge is 2.26. The third-order valence-corrected chi connectivity index (χ3v) is 2.95. The lowest BCUT2D eigenvalue weighted by Gasteiger charge is -2.05. The van der Waals surface area contributed by atoms with E-state index < -0.39 is 0 Å². The highest BCUT2D eigenvalue weighted by Crippen LogP contribution is 2.44. The van der Waals surface area contributed by atoms with Crippen LogP contribution in [0.1, 0.15) is 29.9 Å². The molecule has 1 aromatic carbocycles. The zero-order chi connectivity index (χ0) is 7.84. The molecule has 0 aliphatic heterocycles. The van der Waals surface area contributed by atoms with Crippen molar-refractivity contribution in [1.82, 2.24) is 0 Å². The van der Waals surface area contributed by atoms with E-state index in [9.17, 15) is 0 Å². The number of hydrogen-bond donors (Lipinski definition) is 0. The molecule has 1 saturated carbocycles. The van der Waals surface area contributed by atoms with Gasteiger partial charge in [0.25, 0.3) is 0 Å². The molecule has 0 atom stereocenters. The molecule has 1 fully saturated rings. The van der Waals surface area contributed by atoms with Crippen LogP contribution in [0.3, 0.4) is 0 Å². The molecule has 0 N–H and O–H groups in total. The molecule has 0 bridgehead atoms. The molecule has 0 aromatic heterocycles. The van der Waals surface area contributed by atoms with Gasteiger partial charge >= 0.3 is 0 Å². The van der Waals surface area contributed by atoms with Gasteiger partial charge in [-0.3, -0.25) is 0 Å². The van der Waals surface area contributed by atoms with Crippen molar-refractivity contribution < 1.29 is 0 Å². The lowest BCUT2D eigenvalue weighted by atomic mass is 10.1. The largest absolute Gasteiger partial charge is 0.0609 e. The fourth-order valence-electron chi connectivity index (χ4n) is 1.53. The van der Waals surface area contributed by atoms with E-state index in [-0.39, 0.29) is 0 Å². The van der Waals surface area contributed by atoms with E-state index in [1.807, 2.05) is 0 Å². The Kier molecular flexibility index (Phi) is 1.76. The lowest BCUT2D eigenvalue weighted by molar-refractivity contribution is 1.08. The van der Waals surface area contributed by atoms with Gasteiger partial charge in [-0.2, -0.15) is 0 Å². The molecule has 11 heavy (non-hydrogen) atoms. The first-order valence-corrected chi connectivity index (χ1v) is 4.83. The Morgan fingerprint density at radius 1 is 1.36 bits per heavy atom. The molecule has 0 radical (unpaired) electrons. The quantitative estimate of drug-likeness (QED) is 0.665. The molecule has 0 unspecified atom stereocenters. The summed E-state index contributed by atoms with van der Waals surface area (Å²) in [5.74, 6) is 0.852. The van der Waals surface area contributed by atoms with Gasteiger partial charge in [-0.15, -0.1) is 0 Å². The Bertz CT molecular complexity index is 254. The predicted molar refractivity (Wildman–Crippen MR) is 50.9 cm³/mol. The predicted octanol–water partition coefficient (Wildman–Crippen LogP) is 3.63. The van der Waals surface area contributed by atoms with E-state index >= 15 is 0 Å². The molecule has 2 rings (SSSR count). The van der Waals surface area contributed by atoms with Gasteiger partial charge < -0.3 is 0 Å². The van der Waals surface area contributed by atoms with Crippen molar-refractivity contribution in [3.05, 3.63) is 33.8 Å². The van der Waals surface area contributed by atoms with Crippen molar-refractivity contribution in [1.29, 1.82) is 0 Å². The minimum atomic E-state index is 0.852. The van der Waals surface area contributed by atoms with E-state index in [2.05, 4.69) is 41.1 Å². The summed E-state index contributed by atoms with van der Waals surface area (Å²) < 4.78 is 1.29. The monoisotopic (exact) mass is 210 g/mol. The SMILES string of the molecule is Cc1cccc(Br)c1C1CC1. The first-order valence-electron chi connectivity index (χ1n) is 4.04. The maximum absolute atomic E-state index is 3.59. The zero-order valence-corrected chi connectivity index (χ0v) is 8.19. The van der Waals surface area contributed by atoms with Crippen LogP contribution >= 0.6 is 15.9 Å². The van der Waals surface area contributed by atoms with Crippen LogP contribution in [0, 0.1) is 6.92 Å². The molecule has 0 amide bonds. The Morgan fingerprint density at radius 3 is 2.64 bits per heavy atom. The van der Waals surface area contributed by atoms with E-state index in [4.69, 9.17) is 0 Å². The van der Waals surface area contributed by atoms with Gasteiger partial charge in [0.1, 0.15) is 0 Å². The second-order valence-corrected chi connectivity index (χ2v) is 4.10. The summed E-state index contributed by atoms with van der Waals surface area (Å²) in [6.07, 6.45) is 2.76. The Labute approximate surface area is 75.8 Å². The molecule has 0 nitrogen and oxygen atoms in total. The van der Waals surface area contributed by atoms with Crippen molar-refractivity contribution >= 4 is 15.9 Å². The molecule has 0 heterocycles. The number of hydrogen-bond acceptors (Lipinski definition) is 0. The molecular formula is C10H11Br. The molecular weight excluding hydrogens is 200 g/mol. The van der Waals surface area contributed by atoms with Crippen LogP contribution in [0.25, 0.3) is 0 Å². The summed E-state index contributed by atoms with van der Waals surface area (Å²) in [6, 6.07) is 6.43. The minimum absolute atomic E-state index is 0.852. The Balaban J connectivity index is 2.48. The average molecular weight is 211 g/mol. The van der Waals surface area contributed by atoms with Gasteiger partial charge in [0.15, 0.2) is 0 Å². The second-order valence-electron chi connectivity index (χ2n) is 3.24. The molecule has 1 aliphatic rings. The van der Waals surface area contributed by atoms with Crippen LogP contribution in [-0.2, 0) is 0 Å². The van der Waals surface area contributed by atoms with Crippen molar-refractivity contribution in [2.45, 2.75) is 25.7 Å². The van der Waals surface area contributed by atoms with Crippen molar-refractivity contribution in [3.63, 3.8) is 0 Å². The first kappa shape index (κ1) is 7.35. The highest BCUT2D eigenvalue weighted by molar-refractivity contribution is 9.10. The third-order valence-electron chi connectivity index (χ3n) is 2.26. The minimum Gasteiger partial charge on any atom is -0.0609 e. The van der Waals surface area contributed by atoms with Gasteiger partial charge in [0.05, 0.1) is 0 Å². The lowest BCUT2D eigenvalue weighted by Crippen LogP contribution is -1.86. The maximum Gasteiger partial charge on any atom is 0.0212 e. The van der Waals surface area contributed by atoms with Crippen LogP contribution in [0.4, 0.5) is 0 Å².